The zero-order valence-corrected chi connectivity index (χ0v) is 77.8. The molecule has 56 nitrogen and oxygen atoms in total. The third-order valence-electron chi connectivity index (χ3n) is 24.8. The number of alkyl halides is 3. The number of ketones is 1. The van der Waals surface area contributed by atoms with Crippen LogP contribution in [0.15, 0.2) is 94.5 Å². The number of hydrogen-bond donors (Lipinski definition) is 12. The second-order valence-electron chi connectivity index (χ2n) is 32.4. The summed E-state index contributed by atoms with van der Waals surface area (Å²) in [6.45, 7) is -22.5. The van der Waals surface area contributed by atoms with E-state index in [1.807, 2.05) is 0 Å². The summed E-state index contributed by atoms with van der Waals surface area (Å²) in [4.78, 5) is 157. The third-order valence-corrected chi connectivity index (χ3v) is 33.7. The molecule has 0 bridgehead atoms. The first-order valence-corrected chi connectivity index (χ1v) is 55.1. The molecule has 12 aromatic heterocycles. The number of nitrogens with zero attached hydrogens (tertiary/aromatic N) is 25. The van der Waals surface area contributed by atoms with Crippen LogP contribution in [0.1, 0.15) is 66.6 Å². The summed E-state index contributed by atoms with van der Waals surface area (Å²) < 4.78 is 169. The maximum absolute atomic E-state index is 16.1. The van der Waals surface area contributed by atoms with Crippen LogP contribution >= 0.6 is 53.7 Å². The summed E-state index contributed by atoms with van der Waals surface area (Å²) in [5, 5.41) is 14.0. The highest BCUT2D eigenvalue weighted by Gasteiger charge is 2.57. The highest BCUT2D eigenvalue weighted by Crippen LogP contribution is 2.62. The summed E-state index contributed by atoms with van der Waals surface area (Å²) in [5.74, 6) is -1.40. The molecular weight excluding hydrogens is 2020 g/mol. The van der Waals surface area contributed by atoms with Gasteiger partial charge in [-0.05, 0) is 84.2 Å². The van der Waals surface area contributed by atoms with Crippen molar-refractivity contribution in [3.05, 3.63) is 96.0 Å². The lowest BCUT2D eigenvalue weighted by Gasteiger charge is -2.45. The van der Waals surface area contributed by atoms with Crippen molar-refractivity contribution in [3.63, 3.8) is 0 Å². The molecule has 6 saturated heterocycles. The van der Waals surface area contributed by atoms with Crippen LogP contribution in [0.3, 0.4) is 0 Å². The van der Waals surface area contributed by atoms with Crippen molar-refractivity contribution < 1.29 is 120 Å². The van der Waals surface area contributed by atoms with E-state index in [0.717, 1.165) is 0 Å². The molecule has 0 aromatic carbocycles. The molecule has 3 aliphatic carbocycles. The monoisotopic (exact) mass is 2090 g/mol. The summed E-state index contributed by atoms with van der Waals surface area (Å²) >= 11 is 25.2. The lowest BCUT2D eigenvalue weighted by atomic mass is 9.70. The number of aromatic nitrogens is 24. The maximum atomic E-state index is 16.1. The normalized spacial score (nSPS) is 37.3. The fraction of sp³-hybridized carbons (Fsp3) is 0.523. The number of fused-ring (bicyclic) bond motifs is 14. The minimum Gasteiger partial charge on any atom is -0.382 e. The molecule has 7 unspecified atom stereocenters. The van der Waals surface area contributed by atoms with Crippen molar-refractivity contribution in [1.29, 1.82) is 0 Å². The van der Waals surface area contributed by atoms with Crippen LogP contribution in [-0.4, -0.2) is 273 Å². The first-order valence-electron chi connectivity index (χ1n) is 40.5. The first kappa shape index (κ1) is 92.9. The lowest BCUT2D eigenvalue weighted by molar-refractivity contribution is -0.0458. The van der Waals surface area contributed by atoms with Crippen LogP contribution in [-0.2, 0) is 125 Å². The number of H-pyrrole nitrogens is 2. The highest BCUT2D eigenvalue weighted by molar-refractivity contribution is 8.44. The van der Waals surface area contributed by atoms with Gasteiger partial charge >= 0.3 is 41.5 Å². The van der Waals surface area contributed by atoms with E-state index < -0.39 is 159 Å². The fourth-order valence-corrected chi connectivity index (χ4v) is 25.4. The molecule has 28 atom stereocenters. The lowest BCUT2D eigenvalue weighted by Crippen LogP contribution is -2.43. The Kier molecular flexibility index (Phi) is 24.6. The van der Waals surface area contributed by atoms with Gasteiger partial charge in [0.25, 0.3) is 11.1 Å². The largest absolute Gasteiger partial charge is 0.472 e. The van der Waals surface area contributed by atoms with Gasteiger partial charge in [-0.3, -0.25) is 55.2 Å². The summed E-state index contributed by atoms with van der Waals surface area (Å²) in [6, 6.07) is -1.84. The molecule has 20 heterocycles. The molecule has 8 aliphatic heterocycles. The molecule has 718 valence electrons. The average molecular weight is 2090 g/mol. The van der Waals surface area contributed by atoms with Crippen molar-refractivity contribution in [2.45, 2.75) is 117 Å². The van der Waals surface area contributed by atoms with Gasteiger partial charge in [-0.2, -0.15) is 15.2 Å². The summed E-state index contributed by atoms with van der Waals surface area (Å²) in [5.41, 5.74) is 21.7. The van der Waals surface area contributed by atoms with Crippen molar-refractivity contribution in [1.82, 2.24) is 122 Å². The first-order chi connectivity index (χ1) is 64.5. The van der Waals surface area contributed by atoms with E-state index >= 15 is 13.2 Å². The number of phosphoric ester groups is 1. The van der Waals surface area contributed by atoms with Crippen LogP contribution in [0.4, 0.5) is 36.4 Å². The number of aromatic amines is 2. The molecule has 23 rings (SSSR count). The number of nitrogen functional groups attached to an aromatic ring is 3. The van der Waals surface area contributed by atoms with Crippen LogP contribution < -0.4 is 33.7 Å². The van der Waals surface area contributed by atoms with Gasteiger partial charge in [0.15, 0.2) is 117 Å². The van der Waals surface area contributed by atoms with Crippen LogP contribution in [0, 0.1) is 35.5 Å². The number of phosphoric acid groups is 1. The van der Waals surface area contributed by atoms with Crippen molar-refractivity contribution in [3.8, 4) is 0 Å². The smallest absolute Gasteiger partial charge is 0.382 e. The minimum atomic E-state index is -4.73. The quantitative estimate of drug-likeness (QED) is 0.0840. The molecule has 9 fully saturated rings. The number of hydrogen-bond acceptors (Lipinski definition) is 46. The Labute approximate surface area is 776 Å². The van der Waals surface area contributed by atoms with E-state index in [-0.39, 0.29) is 172 Å². The van der Waals surface area contributed by atoms with E-state index in [4.69, 9.17) is 133 Å². The molecule has 70 heteroatoms. The number of nitrogens with one attached hydrogen (secondary N) is 3. The number of ether oxygens (including phenoxy) is 3. The second-order valence-corrected chi connectivity index (χ2v) is 48.0. The Morgan fingerprint density at radius 1 is 0.459 bits per heavy atom. The SMILES string of the molecule is Nc1ncnc2c1ncn2[C@@H]1O[C@@H]2COP(=O)(O)OC[C@@H]3[C@@H](COP(O)(=S)O[C@H]2[C@H]1F)C[C@H]3n1cnc2c(=O)n3cn[nH]c3nc21.Nc1ncnc2c1ncn2[C@@H]1O[C@@H]2COP(=O)(S)OC[C@@H]3[C@@H](COP(O)(=S)O[C@H]2[C@H]1F)C[C@H]3n1cnc2c(=O)[nH]cnc21.Nc1ncnc2c1ncn2[C@@H]1O[C@@H]2COP(O)(=S)OC[C@@H]3[C@@H](COP(O)(=S)O[C@H]2[C@H]1F)C[C@H]3n1cnc2c1N=C1NN=NC1C2=O. The summed E-state index contributed by atoms with van der Waals surface area (Å²) in [7, 11) is -4.73. The Bertz CT molecular complexity index is 7230. The molecule has 12 aromatic rings. The Morgan fingerprint density at radius 3 is 1.39 bits per heavy atom. The zero-order chi connectivity index (χ0) is 94.0. The predicted molar refractivity (Wildman–Crippen MR) is 469 cm³/mol. The van der Waals surface area contributed by atoms with Gasteiger partial charge in [-0.1, -0.05) is 17.5 Å². The molecule has 135 heavy (non-hydrogen) atoms. The average Bonchev–Trinajstić information content (AvgIpc) is 1.62. The van der Waals surface area contributed by atoms with Gasteiger partial charge < -0.3 is 102 Å². The number of amidine groups is 1. The van der Waals surface area contributed by atoms with E-state index in [2.05, 4.69) is 118 Å². The number of Topliss-reactive ketones (excluding diaryl/α,β-unsaturated/α-hetero) is 1. The number of imidazole rings is 6. The van der Waals surface area contributed by atoms with Gasteiger partial charge in [0, 0.05) is 35.9 Å². The zero-order valence-electron chi connectivity index (χ0n) is 68.2. The number of anilines is 3. The number of halogens is 3. The van der Waals surface area contributed by atoms with Crippen molar-refractivity contribution in [2.75, 3.05) is 76.7 Å². The molecule has 3 saturated carbocycles. The standard InChI is InChI=1S/C22H24FN11O9P2S.C22H24FN11O8P2S2.C21H24FN9O8P2S2/c23-13-16-12(42-21(13)33-7-27-14-17(24)25-5-26-18(14)33)4-40-44(36,37)39-3-10-9(2-41-45(38,46)43-16)1-11(10)32-6-28-15-19(32)30-22-31-29-8-34(22)20(15)35;23-12-17-11(41-22(12)34-7-28-15-18(24)25-5-26-20(15)34)4-40-43(36,45)39-3-9-8(2-38-44(37,46)42-17)1-10(9)33-6-27-14-16(35)13-19(29-21(14)33)31-32-30-13;22-13-16-12(38-21(13)31-8-28-14-17(23)24-5-25-18(14)31)4-37-40(33,42)36-3-10-9(2-35-41(34,43)39-16)1-11(10)30-7-29-15-19(30)26-6-27-20(15)32/h5-13,16,21H,1-4H2,(H,30,31)(H,36,37)(H,38,46)(H2,24,25,26);5-13,17,22H,1-4H2,(H,36,45)(H,37,46)(H2,24,25,26)(H,29,30,31);5-13,16,21H,1-4H2,(H,33,42)(H,34,43)(H2,23,24,25)(H,26,27,32)/t9-,10-,11-,12-,13-,16-,21-,45?;8-,9-,10-,11-,12-,13?,17-,22-,43?,44?;9-,10-,11-,12-,13-,16-,21-,40?,41?/m111/s1. The van der Waals surface area contributed by atoms with Gasteiger partial charge in [-0.15, -0.1) is 0 Å². The van der Waals surface area contributed by atoms with E-state index in [1.54, 1.807) is 13.7 Å². The van der Waals surface area contributed by atoms with Crippen LogP contribution in [0.5, 0.6) is 0 Å². The number of carbonyl (C=O) groups is 1. The Balaban J connectivity index is 0.000000121. The van der Waals surface area contributed by atoms with Gasteiger partial charge in [0.2, 0.25) is 11.6 Å². The number of thiol groups is 1. The minimum absolute atomic E-state index is 0.0650. The number of aliphatic imine (C=N–C) groups is 1. The fourth-order valence-electron chi connectivity index (χ4n) is 17.9. The van der Waals surface area contributed by atoms with Gasteiger partial charge in [0.1, 0.15) is 78.5 Å². The molecule has 0 amide bonds. The Hall–Kier alpha value is -8.43. The molecule has 0 radical (unpaired) electrons. The Morgan fingerprint density at radius 2 is 0.867 bits per heavy atom. The third kappa shape index (κ3) is 17.5. The number of rotatable bonds is 6. The predicted octanol–water partition coefficient (Wildman–Crippen LogP) is 3.19. The van der Waals surface area contributed by atoms with Crippen LogP contribution in [0.2, 0.25) is 0 Å². The van der Waals surface area contributed by atoms with Gasteiger partial charge in [-0.25, -0.2) is 107 Å². The number of nitrogens with two attached hydrogens (primary N) is 3. The van der Waals surface area contributed by atoms with E-state index in [1.165, 1.54) is 87.7 Å². The maximum Gasteiger partial charge on any atom is 0.472 e. The van der Waals surface area contributed by atoms with Crippen LogP contribution in [0.25, 0.3) is 61.6 Å². The molecular formula is C65H72F3N31O25P6S5. The highest BCUT2D eigenvalue weighted by atomic mass is 32.7. The molecule has 0 spiro atoms. The summed E-state index contributed by atoms with van der Waals surface area (Å²) in [6.07, 6.45) is -2.50. The second kappa shape index (κ2) is 35.7. The van der Waals surface area contributed by atoms with Crippen molar-refractivity contribution in [2.24, 2.45) is 50.8 Å². The van der Waals surface area contributed by atoms with Crippen molar-refractivity contribution >= 4 is 197 Å². The topological polar surface area (TPSA) is 711 Å². The number of carbonyl (C=O) groups excluding carboxylic acids is 1. The van der Waals surface area contributed by atoms with E-state index in [9.17, 15) is 48.0 Å². The molecule has 11 aliphatic rings. The molecule has 14 N–H and O–H groups in total. The van der Waals surface area contributed by atoms with E-state index in [0.29, 0.717) is 36.6 Å². The van der Waals surface area contributed by atoms with Gasteiger partial charge in [0.05, 0.1) is 104 Å².